The number of thiophene rings is 1. The number of nitrogens with one attached hydrogen (secondary N) is 1. The van der Waals surface area contributed by atoms with Crippen molar-refractivity contribution < 1.29 is 13.7 Å². The largest absolute Gasteiger partial charge is 0.361 e. The number of aromatic nitrogens is 1. The summed E-state index contributed by atoms with van der Waals surface area (Å²) in [5.41, 5.74) is 2.76. The predicted molar refractivity (Wildman–Crippen MR) is 97.7 cm³/mol. The fourth-order valence-electron chi connectivity index (χ4n) is 2.82. The lowest BCUT2D eigenvalue weighted by molar-refractivity contribution is 0.102. The number of nitrogens with zero attached hydrogens (tertiary/aromatic N) is 2. The Hall–Kier alpha value is -2.98. The molecular weight excluding hydrogens is 353 g/mol. The number of carbonyl (C=O) groups is 1. The lowest BCUT2D eigenvalue weighted by Crippen LogP contribution is -2.14. The summed E-state index contributed by atoms with van der Waals surface area (Å²) in [6.45, 7) is 5.43. The summed E-state index contributed by atoms with van der Waals surface area (Å²) in [6, 6.07) is 8.09. The van der Waals surface area contributed by atoms with Crippen LogP contribution in [0.2, 0.25) is 0 Å². The first-order valence-electron chi connectivity index (χ1n) is 8.02. The van der Waals surface area contributed by atoms with Gasteiger partial charge in [-0.15, -0.1) is 11.3 Å². The Morgan fingerprint density at radius 1 is 1.35 bits per heavy atom. The van der Waals surface area contributed by atoms with E-state index in [1.54, 1.807) is 19.1 Å². The van der Waals surface area contributed by atoms with Gasteiger partial charge in [-0.1, -0.05) is 24.2 Å². The second-order valence-corrected chi connectivity index (χ2v) is 6.95. The van der Waals surface area contributed by atoms with E-state index in [0.717, 1.165) is 10.4 Å². The van der Waals surface area contributed by atoms with E-state index in [4.69, 9.17) is 4.52 Å². The molecule has 0 atom stereocenters. The van der Waals surface area contributed by atoms with Crippen molar-refractivity contribution in [2.24, 2.45) is 0 Å². The molecule has 2 aromatic heterocycles. The van der Waals surface area contributed by atoms with E-state index < -0.39 is 0 Å². The lowest BCUT2D eigenvalue weighted by atomic mass is 10.0. The number of benzene rings is 1. The van der Waals surface area contributed by atoms with E-state index >= 15 is 0 Å². The summed E-state index contributed by atoms with van der Waals surface area (Å²) in [7, 11) is 0. The van der Waals surface area contributed by atoms with Crippen LogP contribution in [0.3, 0.4) is 0 Å². The first-order valence-corrected chi connectivity index (χ1v) is 8.83. The number of anilines is 1. The van der Waals surface area contributed by atoms with Gasteiger partial charge in [-0.3, -0.25) is 4.79 Å². The van der Waals surface area contributed by atoms with Crippen molar-refractivity contribution in [3.8, 4) is 17.2 Å². The van der Waals surface area contributed by atoms with E-state index in [2.05, 4.69) is 16.5 Å². The molecule has 0 spiro atoms. The average molecular weight is 369 g/mol. The highest BCUT2D eigenvalue weighted by atomic mass is 32.1. The Bertz CT molecular complexity index is 1010. The Morgan fingerprint density at radius 3 is 2.65 bits per heavy atom. The minimum atomic E-state index is -0.357. The molecular formula is C19H16FN3O2S. The van der Waals surface area contributed by atoms with Gasteiger partial charge >= 0.3 is 0 Å². The van der Waals surface area contributed by atoms with Gasteiger partial charge in [0.15, 0.2) is 0 Å². The predicted octanol–water partition coefficient (Wildman–Crippen LogP) is 4.85. The molecule has 7 heteroatoms. The third-order valence-electron chi connectivity index (χ3n) is 4.05. The average Bonchev–Trinajstić information content (AvgIpc) is 3.14. The van der Waals surface area contributed by atoms with Gasteiger partial charge in [-0.05, 0) is 38.0 Å². The molecule has 132 valence electrons. The van der Waals surface area contributed by atoms with Crippen molar-refractivity contribution in [1.82, 2.24) is 5.16 Å². The van der Waals surface area contributed by atoms with E-state index in [0.29, 0.717) is 39.6 Å². The molecule has 0 saturated heterocycles. The maximum absolute atomic E-state index is 13.2. The Balaban J connectivity index is 2.00. The summed E-state index contributed by atoms with van der Waals surface area (Å²) in [5, 5.41) is 16.8. The molecule has 1 N–H and O–H groups in total. The molecule has 1 amide bonds. The fourth-order valence-corrected chi connectivity index (χ4v) is 3.84. The smallest absolute Gasteiger partial charge is 0.261 e. The molecule has 0 unspecified atom stereocenters. The quantitative estimate of drug-likeness (QED) is 0.713. The van der Waals surface area contributed by atoms with Gasteiger partial charge < -0.3 is 9.84 Å². The number of hydrogen-bond donors (Lipinski definition) is 1. The highest BCUT2D eigenvalue weighted by molar-refractivity contribution is 7.17. The molecule has 0 saturated carbocycles. The highest BCUT2D eigenvalue weighted by Gasteiger charge is 2.23. The van der Waals surface area contributed by atoms with Gasteiger partial charge in [0, 0.05) is 10.4 Å². The van der Waals surface area contributed by atoms with Crippen molar-refractivity contribution in [1.29, 1.82) is 5.26 Å². The summed E-state index contributed by atoms with van der Waals surface area (Å²) in [6.07, 6.45) is 0.565. The monoisotopic (exact) mass is 369 g/mol. The van der Waals surface area contributed by atoms with Crippen LogP contribution in [-0.4, -0.2) is 11.1 Å². The van der Waals surface area contributed by atoms with Crippen molar-refractivity contribution in [2.75, 3.05) is 5.32 Å². The van der Waals surface area contributed by atoms with Crippen molar-refractivity contribution in [2.45, 2.75) is 27.2 Å². The van der Waals surface area contributed by atoms with Crippen LogP contribution in [0.1, 0.15) is 39.2 Å². The van der Waals surface area contributed by atoms with Gasteiger partial charge in [0.05, 0.1) is 11.3 Å². The second-order valence-electron chi connectivity index (χ2n) is 5.72. The minimum Gasteiger partial charge on any atom is -0.361 e. The van der Waals surface area contributed by atoms with Crippen LogP contribution in [-0.2, 0) is 6.42 Å². The molecule has 2 heterocycles. The normalized spacial score (nSPS) is 10.6. The molecule has 0 fully saturated rings. The van der Waals surface area contributed by atoms with Gasteiger partial charge in [0.1, 0.15) is 28.2 Å². The number of halogens is 1. The zero-order valence-electron chi connectivity index (χ0n) is 14.5. The summed E-state index contributed by atoms with van der Waals surface area (Å²) in [4.78, 5) is 13.5. The minimum absolute atomic E-state index is 0.344. The number of rotatable bonds is 4. The Kier molecular flexibility index (Phi) is 4.87. The summed E-state index contributed by atoms with van der Waals surface area (Å²) < 4.78 is 18.3. The molecule has 3 aromatic rings. The Labute approximate surface area is 154 Å². The van der Waals surface area contributed by atoms with E-state index in [1.807, 2.05) is 13.8 Å². The molecule has 0 aliphatic rings. The van der Waals surface area contributed by atoms with E-state index in [1.165, 1.54) is 23.5 Å². The van der Waals surface area contributed by atoms with Crippen molar-refractivity contribution in [3.63, 3.8) is 0 Å². The van der Waals surface area contributed by atoms with Gasteiger partial charge in [-0.2, -0.15) is 5.26 Å². The third-order valence-corrected chi connectivity index (χ3v) is 5.07. The number of nitriles is 1. The number of amides is 1. The van der Waals surface area contributed by atoms with Gasteiger partial charge in [-0.25, -0.2) is 4.39 Å². The van der Waals surface area contributed by atoms with Crippen LogP contribution >= 0.6 is 11.3 Å². The number of carbonyl (C=O) groups excluding carboxylic acids is 1. The molecule has 3 rings (SSSR count). The maximum atomic E-state index is 13.2. The van der Waals surface area contributed by atoms with Crippen LogP contribution in [0, 0.1) is 31.0 Å². The second kappa shape index (κ2) is 7.10. The van der Waals surface area contributed by atoms with E-state index in [9.17, 15) is 14.4 Å². The first kappa shape index (κ1) is 17.8. The molecule has 26 heavy (non-hydrogen) atoms. The third kappa shape index (κ3) is 3.11. The van der Waals surface area contributed by atoms with Crippen LogP contribution in [0.25, 0.3) is 11.1 Å². The molecule has 0 radical (unpaired) electrons. The molecule has 5 nitrogen and oxygen atoms in total. The molecule has 0 bridgehead atoms. The van der Waals surface area contributed by atoms with Crippen LogP contribution < -0.4 is 5.32 Å². The fraction of sp³-hybridized carbons (Fsp3) is 0.211. The number of aryl methyl sites for hydroxylation is 3. The molecule has 1 aromatic carbocycles. The van der Waals surface area contributed by atoms with Gasteiger partial charge in [0.2, 0.25) is 0 Å². The van der Waals surface area contributed by atoms with Crippen LogP contribution in [0.15, 0.2) is 28.8 Å². The van der Waals surface area contributed by atoms with E-state index in [-0.39, 0.29) is 11.7 Å². The first-order chi connectivity index (χ1) is 12.5. The zero-order chi connectivity index (χ0) is 18.8. The molecule has 0 aliphatic carbocycles. The summed E-state index contributed by atoms with van der Waals surface area (Å²) in [5.74, 6) is -0.266. The van der Waals surface area contributed by atoms with Crippen molar-refractivity contribution in [3.05, 3.63) is 57.5 Å². The topological polar surface area (TPSA) is 78.9 Å². The van der Waals surface area contributed by atoms with Crippen molar-refractivity contribution >= 4 is 22.2 Å². The summed E-state index contributed by atoms with van der Waals surface area (Å²) >= 11 is 1.31. The standard InChI is InChI=1S/C19H16FN3O2S/c1-4-15-16(10(2)25-23-15)18(24)22-19-14(9-21)17(11(3)26-19)12-5-7-13(20)8-6-12/h5-8H,4H2,1-3H3,(H,22,24). The van der Waals surface area contributed by atoms with Crippen LogP contribution in [0.5, 0.6) is 0 Å². The lowest BCUT2D eigenvalue weighted by Gasteiger charge is -2.04. The zero-order valence-corrected chi connectivity index (χ0v) is 15.3. The molecule has 0 aliphatic heterocycles. The maximum Gasteiger partial charge on any atom is 0.261 e. The SMILES string of the molecule is CCc1noc(C)c1C(=O)Nc1sc(C)c(-c2ccc(F)cc2)c1C#N. The van der Waals surface area contributed by atoms with Gasteiger partial charge in [0.25, 0.3) is 5.91 Å². The highest BCUT2D eigenvalue weighted by Crippen LogP contribution is 2.39. The Morgan fingerprint density at radius 2 is 2.04 bits per heavy atom. The van der Waals surface area contributed by atoms with Crippen LogP contribution in [0.4, 0.5) is 9.39 Å². The number of hydrogen-bond acceptors (Lipinski definition) is 5.